The Balaban J connectivity index is 0.000000221. The summed E-state index contributed by atoms with van der Waals surface area (Å²) in [4.78, 5) is 6.54. The third-order valence-electron chi connectivity index (χ3n) is 3.25. The first kappa shape index (κ1) is 17.8. The molecule has 1 saturated heterocycles. The van der Waals surface area contributed by atoms with Crippen LogP contribution in [0.1, 0.15) is 24.4 Å². The van der Waals surface area contributed by atoms with E-state index < -0.39 is 0 Å². The molecule has 1 aliphatic heterocycles. The van der Waals surface area contributed by atoms with Crippen LogP contribution < -0.4 is 5.73 Å². The Morgan fingerprint density at radius 2 is 2.45 bits per heavy atom. The van der Waals surface area contributed by atoms with E-state index in [0.717, 1.165) is 5.32 Å². The van der Waals surface area contributed by atoms with Crippen LogP contribution in [0.5, 0.6) is 0 Å². The molecule has 1 fully saturated rings. The van der Waals surface area contributed by atoms with E-state index in [0.29, 0.717) is 21.0 Å². The van der Waals surface area contributed by atoms with Crippen LogP contribution in [-0.4, -0.2) is 69.8 Å². The van der Waals surface area contributed by atoms with Gasteiger partial charge in [-0.3, -0.25) is 9.88 Å². The summed E-state index contributed by atoms with van der Waals surface area (Å²) in [6.07, 6.45) is 6.41. The van der Waals surface area contributed by atoms with Gasteiger partial charge in [0.05, 0.1) is 0 Å². The molecule has 1 aromatic heterocycles. The van der Waals surface area contributed by atoms with Crippen LogP contribution in [-0.2, 0) is 0 Å². The van der Waals surface area contributed by atoms with Gasteiger partial charge in [-0.25, -0.2) is 0 Å². The van der Waals surface area contributed by atoms with Crippen LogP contribution in [0.15, 0.2) is 24.5 Å². The topological polar surface area (TPSA) is 62.4 Å². The minimum absolute atomic E-state index is 0.139. The fraction of sp³-hybridized carbons (Fsp3) is 0.571. The van der Waals surface area contributed by atoms with E-state index in [1.165, 1.54) is 24.9 Å². The second-order valence-corrected chi connectivity index (χ2v) is 7.61. The third-order valence-corrected chi connectivity index (χ3v) is 5.34. The quantitative estimate of drug-likeness (QED) is 0.732. The molecule has 112 valence electrons. The maximum absolute atomic E-state index is 8.70. The van der Waals surface area contributed by atoms with Crippen LogP contribution in [0.25, 0.3) is 0 Å². The number of aromatic nitrogens is 1. The molecule has 0 bridgehead atoms. The third kappa shape index (κ3) is 6.04. The van der Waals surface area contributed by atoms with Gasteiger partial charge in [-0.2, -0.15) is 0 Å². The maximum atomic E-state index is 8.70. The van der Waals surface area contributed by atoms with Gasteiger partial charge >= 0.3 is 63.2 Å². The molecule has 1 aliphatic rings. The van der Waals surface area contributed by atoms with Crippen LogP contribution in [0.3, 0.4) is 0 Å². The van der Waals surface area contributed by atoms with E-state index in [1.807, 2.05) is 18.5 Å². The van der Waals surface area contributed by atoms with Crippen molar-refractivity contribution in [1.82, 2.24) is 9.88 Å². The Morgan fingerprint density at radius 1 is 1.70 bits per heavy atom. The van der Waals surface area contributed by atoms with E-state index in [9.17, 15) is 0 Å². The number of nitrogens with zero attached hydrogens (tertiary/aromatic N) is 2. The molecule has 0 radical (unpaired) electrons. The molecule has 4 nitrogen and oxygen atoms in total. The van der Waals surface area contributed by atoms with Gasteiger partial charge in [0.1, 0.15) is 0 Å². The van der Waals surface area contributed by atoms with Gasteiger partial charge in [-0.15, -0.1) is 0 Å². The molecule has 0 saturated carbocycles. The van der Waals surface area contributed by atoms with Crippen molar-refractivity contribution >= 4 is 35.1 Å². The monoisotopic (exact) mass is 409 g/mol. The molecule has 0 aromatic carbocycles. The molecule has 3 N–H and O–H groups in total. The predicted molar refractivity (Wildman–Crippen MR) is 85.9 cm³/mol. The van der Waals surface area contributed by atoms with Gasteiger partial charge in [0.2, 0.25) is 0 Å². The van der Waals surface area contributed by atoms with Crippen molar-refractivity contribution in [3.05, 3.63) is 30.1 Å². The fourth-order valence-corrected chi connectivity index (χ4v) is 3.95. The molecular weight excluding hydrogens is 384 g/mol. The number of hydrogen-bond acceptors (Lipinski definition) is 4. The van der Waals surface area contributed by atoms with E-state index in [1.54, 1.807) is 0 Å². The summed E-state index contributed by atoms with van der Waals surface area (Å²) in [6.45, 7) is 1.22. The second kappa shape index (κ2) is 9.67. The van der Waals surface area contributed by atoms with Crippen LogP contribution in [0, 0.1) is 0 Å². The van der Waals surface area contributed by atoms with Gasteiger partial charge in [0, 0.05) is 18.4 Å². The van der Waals surface area contributed by atoms with Gasteiger partial charge in [0.25, 0.3) is 0 Å². The van der Waals surface area contributed by atoms with E-state index >= 15 is 0 Å². The standard InChI is InChI=1S/C10H14N2.C4H9NOSe2/c1-12-7-3-5-10(12)9-4-2-6-11-8-9;1-8-2-3(5)4(6)7/h2,4,6,8,10H,3,5,7H2,1H3;3H,2,5H2,1H3,(H,6,7)/t;3-/m.0/s1. The fourth-order valence-electron chi connectivity index (χ4n) is 2.16. The average molecular weight is 407 g/mol. The molecule has 20 heavy (non-hydrogen) atoms. The number of aliphatic hydroxyl groups excluding tert-OH is 1. The average Bonchev–Trinajstić information content (AvgIpc) is 2.87. The van der Waals surface area contributed by atoms with Crippen LogP contribution in [0.4, 0.5) is 0 Å². The summed E-state index contributed by atoms with van der Waals surface area (Å²) in [5, 5.41) is 9.61. The Labute approximate surface area is 135 Å². The Hall–Kier alpha value is -0.221. The molecule has 0 spiro atoms. The number of aliphatic hydroxyl groups is 1. The number of pyridine rings is 1. The Morgan fingerprint density at radius 3 is 2.85 bits per heavy atom. The molecule has 2 rings (SSSR count). The number of likely N-dealkylation sites (tertiary alicyclic amines) is 1. The number of rotatable bonds is 4. The normalized spacial score (nSPS) is 20.1. The van der Waals surface area contributed by atoms with Crippen molar-refractivity contribution in [1.29, 1.82) is 0 Å². The van der Waals surface area contributed by atoms with Gasteiger partial charge in [-0.05, 0) is 38.1 Å². The van der Waals surface area contributed by atoms with Gasteiger partial charge in [0.15, 0.2) is 0 Å². The zero-order valence-electron chi connectivity index (χ0n) is 12.0. The zero-order valence-corrected chi connectivity index (χ0v) is 15.5. The first-order valence-electron chi connectivity index (χ1n) is 6.63. The Bertz CT molecular complexity index is 403. The van der Waals surface area contributed by atoms with Crippen molar-refractivity contribution in [2.75, 3.05) is 13.6 Å². The molecule has 6 heteroatoms. The Kier molecular flexibility index (Phi) is 8.62. The van der Waals surface area contributed by atoms with Crippen molar-refractivity contribution < 1.29 is 5.11 Å². The summed E-state index contributed by atoms with van der Waals surface area (Å²) in [7, 11) is 2.19. The minimum atomic E-state index is -0.139. The zero-order chi connectivity index (χ0) is 15.0. The molecule has 2 atom stereocenters. The molecule has 2 heterocycles. The summed E-state index contributed by atoms with van der Waals surface area (Å²) < 4.78 is 0.230. The molecular formula is C14H23N3OSe2. The number of hydrogen-bond donors (Lipinski definition) is 2. The van der Waals surface area contributed by atoms with E-state index in [-0.39, 0.29) is 10.6 Å². The molecule has 0 aliphatic carbocycles. The van der Waals surface area contributed by atoms with E-state index in [4.69, 9.17) is 10.8 Å². The van der Waals surface area contributed by atoms with E-state index in [2.05, 4.69) is 44.4 Å². The first-order valence-corrected chi connectivity index (χ1v) is 10.4. The summed E-state index contributed by atoms with van der Waals surface area (Å²) in [5.74, 6) is 2.09. The van der Waals surface area contributed by atoms with Crippen LogP contribution >= 0.6 is 0 Å². The van der Waals surface area contributed by atoms with Crippen molar-refractivity contribution in [2.45, 2.75) is 36.1 Å². The van der Waals surface area contributed by atoms with Crippen molar-refractivity contribution in [3.63, 3.8) is 0 Å². The van der Waals surface area contributed by atoms with Gasteiger partial charge < -0.3 is 0 Å². The summed E-state index contributed by atoms with van der Waals surface area (Å²) >= 11 is 3.03. The van der Waals surface area contributed by atoms with Crippen molar-refractivity contribution in [2.24, 2.45) is 5.73 Å². The summed E-state index contributed by atoms with van der Waals surface area (Å²) in [5.41, 5.74) is 6.78. The SMILES string of the molecule is CN1CCCC1c1cccnc1.C[Se]C[C@H](N)C(O)=[Se]. The number of nitrogens with two attached hydrogens (primary N) is 1. The van der Waals surface area contributed by atoms with Crippen LogP contribution in [0.2, 0.25) is 11.1 Å². The second-order valence-electron chi connectivity index (χ2n) is 4.83. The van der Waals surface area contributed by atoms with Gasteiger partial charge in [-0.1, -0.05) is 6.07 Å². The summed E-state index contributed by atoms with van der Waals surface area (Å²) in [6, 6.07) is 4.65. The van der Waals surface area contributed by atoms with Crippen molar-refractivity contribution in [3.8, 4) is 0 Å². The molecule has 1 unspecified atom stereocenters. The predicted octanol–water partition coefficient (Wildman–Crippen LogP) is 1.00. The molecule has 1 aromatic rings. The first-order chi connectivity index (χ1) is 9.56. The molecule has 0 amide bonds.